The van der Waals surface area contributed by atoms with Gasteiger partial charge in [-0.1, -0.05) is 15.9 Å². The van der Waals surface area contributed by atoms with E-state index in [0.29, 0.717) is 6.92 Å². The lowest BCUT2D eigenvalue weighted by Crippen LogP contribution is -2.69. The number of ether oxygens (including phenoxy) is 1. The molecule has 0 aromatic heterocycles. The van der Waals surface area contributed by atoms with Crippen LogP contribution in [-0.2, 0) is 9.53 Å². The van der Waals surface area contributed by atoms with Gasteiger partial charge in [0.25, 0.3) is 5.67 Å². The molecule has 0 saturated carbocycles. The van der Waals surface area contributed by atoms with E-state index in [1.165, 1.54) is 0 Å². The summed E-state index contributed by atoms with van der Waals surface area (Å²) < 4.78 is 143. The van der Waals surface area contributed by atoms with Crippen molar-refractivity contribution in [2.24, 2.45) is 0 Å². The first-order valence-electron chi connectivity index (χ1n) is 6.13. The summed E-state index contributed by atoms with van der Waals surface area (Å²) in [6.45, 7) is 0.965. The second-order valence-electron chi connectivity index (χ2n) is 5.04. The van der Waals surface area contributed by atoms with Crippen LogP contribution >= 0.6 is 15.9 Å². The molecule has 0 aliphatic carbocycles. The molecule has 2 nitrogen and oxygen atoms in total. The highest BCUT2D eigenvalue weighted by Gasteiger charge is 2.87. The summed E-state index contributed by atoms with van der Waals surface area (Å²) in [4.78, 5) is 11.4. The molecule has 0 fully saturated rings. The van der Waals surface area contributed by atoms with Crippen molar-refractivity contribution in [2.75, 3.05) is 6.61 Å². The van der Waals surface area contributed by atoms with Crippen molar-refractivity contribution in [3.8, 4) is 0 Å². The number of carbonyl (C=O) groups excluding carboxylic acids is 1. The van der Waals surface area contributed by atoms with Gasteiger partial charge in [0.2, 0.25) is 0 Å². The third kappa shape index (κ3) is 4.13. The van der Waals surface area contributed by atoms with Crippen LogP contribution in [0.2, 0.25) is 0 Å². The maximum atomic E-state index is 14.1. The minimum atomic E-state index is -7.37. The third-order valence-electron chi connectivity index (χ3n) is 2.97. The van der Waals surface area contributed by atoms with E-state index < -0.39 is 53.2 Å². The SMILES string of the molecule is CCOC(=O)C(C)(Br)CC(F)(C(F)(F)F)C(F)(F)C(F)(F)C(F)(F)F. The van der Waals surface area contributed by atoms with E-state index in [2.05, 4.69) is 20.7 Å². The Hall–Kier alpha value is -0.820. The quantitative estimate of drug-likeness (QED) is 0.308. The molecule has 0 spiro atoms. The van der Waals surface area contributed by atoms with Crippen LogP contribution in [0.25, 0.3) is 0 Å². The van der Waals surface area contributed by atoms with Crippen molar-refractivity contribution >= 4 is 21.9 Å². The first-order valence-corrected chi connectivity index (χ1v) is 6.92. The molecule has 0 bridgehead atoms. The topological polar surface area (TPSA) is 26.3 Å². The molecular formula is C11H10BrF11O2. The number of rotatable bonds is 6. The van der Waals surface area contributed by atoms with Gasteiger partial charge < -0.3 is 4.74 Å². The minimum absolute atomic E-state index is 0.354. The van der Waals surface area contributed by atoms with Crippen molar-refractivity contribution in [1.82, 2.24) is 0 Å². The summed E-state index contributed by atoms with van der Waals surface area (Å²) in [5.41, 5.74) is -6.41. The Bertz CT molecular complexity index is 497. The molecule has 0 aromatic rings. The van der Waals surface area contributed by atoms with E-state index in [-0.39, 0.29) is 0 Å². The molecule has 0 amide bonds. The zero-order chi connectivity index (χ0) is 20.7. The van der Waals surface area contributed by atoms with Crippen LogP contribution < -0.4 is 0 Å². The fourth-order valence-corrected chi connectivity index (χ4v) is 2.13. The van der Waals surface area contributed by atoms with E-state index in [9.17, 15) is 53.1 Å². The summed E-state index contributed by atoms with van der Waals surface area (Å²) in [5.74, 6) is -16.4. The van der Waals surface area contributed by atoms with Crippen LogP contribution in [-0.4, -0.2) is 46.8 Å². The molecule has 150 valence electrons. The van der Waals surface area contributed by atoms with Gasteiger partial charge >= 0.3 is 30.2 Å². The second-order valence-corrected chi connectivity index (χ2v) is 6.79. The average molecular weight is 463 g/mol. The van der Waals surface area contributed by atoms with Gasteiger partial charge in [-0.2, -0.15) is 43.9 Å². The molecule has 0 saturated heterocycles. The molecular weight excluding hydrogens is 453 g/mol. The lowest BCUT2D eigenvalue weighted by molar-refractivity contribution is -0.412. The van der Waals surface area contributed by atoms with E-state index in [1.54, 1.807) is 0 Å². The standard InChI is InChI=1S/C11H10BrF11O2/c1-3-25-5(24)6(2,12)4-7(13,10(18,19)20)8(14,15)9(16,17)11(21,22)23/h3-4H2,1-2H3. The molecule has 0 aliphatic heterocycles. The smallest absolute Gasteiger partial charge is 0.460 e. The van der Waals surface area contributed by atoms with Crippen molar-refractivity contribution in [3.05, 3.63) is 0 Å². The molecule has 14 heteroatoms. The molecule has 2 unspecified atom stereocenters. The Labute approximate surface area is 141 Å². The highest BCUT2D eigenvalue weighted by Crippen LogP contribution is 2.59. The van der Waals surface area contributed by atoms with Crippen LogP contribution in [0.1, 0.15) is 20.3 Å². The van der Waals surface area contributed by atoms with Gasteiger partial charge in [-0.05, 0) is 13.8 Å². The van der Waals surface area contributed by atoms with E-state index in [0.717, 1.165) is 6.92 Å². The Morgan fingerprint density at radius 1 is 0.840 bits per heavy atom. The Morgan fingerprint density at radius 2 is 1.24 bits per heavy atom. The fourth-order valence-electron chi connectivity index (χ4n) is 1.63. The van der Waals surface area contributed by atoms with Crippen LogP contribution in [0.15, 0.2) is 0 Å². The van der Waals surface area contributed by atoms with Crippen LogP contribution in [0, 0.1) is 0 Å². The summed E-state index contributed by atoms with van der Waals surface area (Å²) in [5, 5.41) is 0. The lowest BCUT2D eigenvalue weighted by Gasteiger charge is -2.41. The van der Waals surface area contributed by atoms with Crippen LogP contribution in [0.4, 0.5) is 48.3 Å². The predicted octanol–water partition coefficient (Wildman–Crippen LogP) is 5.20. The summed E-state index contributed by atoms with van der Waals surface area (Å²) in [6, 6.07) is 0. The zero-order valence-electron chi connectivity index (χ0n) is 12.3. The maximum absolute atomic E-state index is 14.1. The van der Waals surface area contributed by atoms with Gasteiger partial charge in [0.05, 0.1) is 6.61 Å². The molecule has 0 radical (unpaired) electrons. The fraction of sp³-hybridized carbons (Fsp3) is 0.909. The number of esters is 1. The molecule has 0 aromatic carbocycles. The van der Waals surface area contributed by atoms with Gasteiger partial charge in [0, 0.05) is 6.42 Å². The number of carbonyl (C=O) groups is 1. The zero-order valence-corrected chi connectivity index (χ0v) is 13.9. The van der Waals surface area contributed by atoms with Gasteiger partial charge in [0.1, 0.15) is 4.32 Å². The molecule has 25 heavy (non-hydrogen) atoms. The first-order chi connectivity index (χ1) is 10.7. The second kappa shape index (κ2) is 6.72. The summed E-state index contributed by atoms with van der Waals surface area (Å²) in [6.07, 6.45) is -16.9. The molecule has 0 heterocycles. The maximum Gasteiger partial charge on any atom is 0.460 e. The van der Waals surface area contributed by atoms with Gasteiger partial charge in [0.15, 0.2) is 0 Å². The van der Waals surface area contributed by atoms with Crippen molar-refractivity contribution < 1.29 is 57.8 Å². The number of hydrogen-bond donors (Lipinski definition) is 0. The monoisotopic (exact) mass is 462 g/mol. The van der Waals surface area contributed by atoms with E-state index in [1.807, 2.05) is 0 Å². The third-order valence-corrected chi connectivity index (χ3v) is 3.58. The number of alkyl halides is 12. The minimum Gasteiger partial charge on any atom is -0.465 e. The number of halogens is 12. The molecule has 0 N–H and O–H groups in total. The highest BCUT2D eigenvalue weighted by atomic mass is 79.9. The largest absolute Gasteiger partial charge is 0.465 e. The molecule has 2 atom stereocenters. The van der Waals surface area contributed by atoms with Gasteiger partial charge in [-0.3, -0.25) is 4.79 Å². The van der Waals surface area contributed by atoms with Crippen LogP contribution in [0.3, 0.4) is 0 Å². The van der Waals surface area contributed by atoms with E-state index in [4.69, 9.17) is 0 Å². The molecule has 0 rings (SSSR count). The van der Waals surface area contributed by atoms with Gasteiger partial charge in [-0.15, -0.1) is 0 Å². The first kappa shape index (κ1) is 24.2. The van der Waals surface area contributed by atoms with Crippen molar-refractivity contribution in [1.29, 1.82) is 0 Å². The Balaban J connectivity index is 6.32. The highest BCUT2D eigenvalue weighted by molar-refractivity contribution is 9.10. The summed E-state index contributed by atoms with van der Waals surface area (Å²) >= 11 is 2.11. The van der Waals surface area contributed by atoms with Gasteiger partial charge in [-0.25, -0.2) is 4.39 Å². The molecule has 0 aliphatic rings. The van der Waals surface area contributed by atoms with Crippen LogP contribution in [0.5, 0.6) is 0 Å². The average Bonchev–Trinajstić information content (AvgIpc) is 2.35. The Morgan fingerprint density at radius 3 is 1.52 bits per heavy atom. The predicted molar refractivity (Wildman–Crippen MR) is 64.4 cm³/mol. The lowest BCUT2D eigenvalue weighted by atomic mass is 9.83. The van der Waals surface area contributed by atoms with Crippen molar-refractivity contribution in [2.45, 2.75) is 54.5 Å². The normalized spacial score (nSPS) is 19.1. The van der Waals surface area contributed by atoms with E-state index >= 15 is 0 Å². The summed E-state index contributed by atoms with van der Waals surface area (Å²) in [7, 11) is 0. The Kier molecular flexibility index (Phi) is 6.50. The number of hydrogen-bond acceptors (Lipinski definition) is 2. The van der Waals surface area contributed by atoms with Crippen molar-refractivity contribution in [3.63, 3.8) is 0 Å².